The molecular formula is C29H75NO19TiV5. The molecule has 0 heterocycles. The average Bonchev–Trinajstić information content (AvgIpc) is 3.18. The van der Waals surface area contributed by atoms with Gasteiger partial charge in [-0.1, -0.05) is 53.4 Å². The fraction of sp³-hybridized carbons (Fsp3) is 1.00. The van der Waals surface area contributed by atoms with E-state index < -0.39 is 0 Å². The molecule has 5 radical (unpaired) electrons. The Balaban J connectivity index is -0.00000000805. The summed E-state index contributed by atoms with van der Waals surface area (Å²) in [4.78, 5) is 0. The molecule has 0 unspecified atom stereocenters. The topological polar surface area (TPSA) is 471 Å². The van der Waals surface area contributed by atoms with Gasteiger partial charge in [-0.2, -0.15) is 92.4 Å². The van der Waals surface area contributed by atoms with Crippen LogP contribution < -0.4 is 66.4 Å². The molecule has 0 rings (SSSR count). The van der Waals surface area contributed by atoms with E-state index in [9.17, 15) is 0 Å². The summed E-state index contributed by atoms with van der Waals surface area (Å²) in [6.45, 7) is 15.0. The fourth-order valence-electron chi connectivity index (χ4n) is 2.64. The van der Waals surface area contributed by atoms with Crippen LogP contribution in [0.5, 0.6) is 0 Å². The van der Waals surface area contributed by atoms with Crippen LogP contribution in [0.2, 0.25) is 0 Å². The largest absolute Gasteiger partial charge is 4.00 e. The molecule has 0 saturated heterocycles. The molecule has 0 spiro atoms. The van der Waals surface area contributed by atoms with Crippen LogP contribution in [-0.4, -0.2) is 123 Å². The van der Waals surface area contributed by atoms with E-state index in [1.165, 1.54) is 82.0 Å². The molecule has 0 N–H and O–H groups in total. The molecular weight excluding hydrogens is 969 g/mol. The van der Waals surface area contributed by atoms with Gasteiger partial charge in [-0.3, -0.25) is 0 Å². The van der Waals surface area contributed by atoms with E-state index in [4.69, 9.17) is 66.4 Å². The Morgan fingerprint density at radius 3 is 0.364 bits per heavy atom. The van der Waals surface area contributed by atoms with Crippen molar-refractivity contribution in [3.63, 3.8) is 0 Å². The molecule has 0 aromatic carbocycles. The molecule has 20 nitrogen and oxygen atoms in total. The standard InChI is InChI=1S/C16H36N.13CH3O.6O.Ti.5V/c1-5-9-13-17(14-10-6-2,15-11-7-3)16-12-8-4;13*1-2;;;;;;;;;;;;/h5-16H2,1-4H3;13*1H3;;;;;;;;;;;;/q+1;13*-1;6*-2;6*+4. The zero-order chi connectivity index (χ0) is 39.0. The van der Waals surface area contributed by atoms with Crippen molar-refractivity contribution in [3.05, 3.63) is 0 Å². The van der Waals surface area contributed by atoms with E-state index in [0.717, 1.165) is 92.4 Å². The predicted molar refractivity (Wildman–Crippen MR) is 160 cm³/mol. The zero-order valence-electron chi connectivity index (χ0n) is 36.4. The van der Waals surface area contributed by atoms with Crippen molar-refractivity contribution in [3.8, 4) is 0 Å². The Bertz CT molecular complexity index is 195. The first-order valence-electron chi connectivity index (χ1n) is 13.4. The number of rotatable bonds is 12. The summed E-state index contributed by atoms with van der Waals surface area (Å²) in [5.41, 5.74) is 0. The van der Waals surface area contributed by atoms with Crippen molar-refractivity contribution in [1.82, 2.24) is 0 Å². The van der Waals surface area contributed by atoms with Crippen molar-refractivity contribution in [2.45, 2.75) is 79.1 Å². The molecule has 0 fully saturated rings. The molecule has 0 aliphatic carbocycles. The summed E-state index contributed by atoms with van der Waals surface area (Å²) in [5, 5.41) is 107. The second-order valence-corrected chi connectivity index (χ2v) is 5.65. The summed E-state index contributed by atoms with van der Waals surface area (Å²) in [6, 6.07) is 0. The van der Waals surface area contributed by atoms with Gasteiger partial charge in [0.05, 0.1) is 26.2 Å². The number of hydrogen-bond acceptors (Lipinski definition) is 13. The van der Waals surface area contributed by atoms with Crippen LogP contribution in [0.25, 0.3) is 0 Å². The van der Waals surface area contributed by atoms with Crippen LogP contribution in [0.15, 0.2) is 0 Å². The SMILES string of the molecule is CCCC[N+](CCCC)(CCCC)CCCC.C[O-].C[O-].C[O-].C[O-].C[O-].C[O-].C[O-].C[O-].C[O-].C[O-].C[O-].C[O-].C[O-].[O-2].[O-2].[O-2].[O-2].[O-2].[O-2].[Ti+4].[V+4].[V+4].[V+4].[V+4].[V+4]. The minimum absolute atomic E-state index is 0. The number of hydrogen-bond donors (Lipinski definition) is 0. The summed E-state index contributed by atoms with van der Waals surface area (Å²) >= 11 is 0. The van der Waals surface area contributed by atoms with Crippen LogP contribution in [0, 0.1) is 0 Å². The van der Waals surface area contributed by atoms with Gasteiger partial charge >= 0.3 is 114 Å². The summed E-state index contributed by atoms with van der Waals surface area (Å²) in [6.07, 6.45) is 11.1. The molecule has 26 heteroatoms. The van der Waals surface area contributed by atoms with E-state index in [0.29, 0.717) is 0 Å². The van der Waals surface area contributed by atoms with Crippen molar-refractivity contribution in [2.24, 2.45) is 0 Å². The molecule has 0 aromatic rings. The predicted octanol–water partition coefficient (Wildman–Crippen LogP) is -9.03. The normalized spacial score (nSPS) is 5.13. The number of quaternary nitrogens is 1. The van der Waals surface area contributed by atoms with Gasteiger partial charge in [-0.15, -0.1) is 0 Å². The third-order valence-electron chi connectivity index (χ3n) is 3.94. The minimum atomic E-state index is 0. The second kappa shape index (κ2) is 408. The first-order chi connectivity index (χ1) is 21.2. The molecule has 0 aliphatic heterocycles. The first-order valence-corrected chi connectivity index (χ1v) is 13.4. The van der Waals surface area contributed by atoms with E-state index in [1.807, 2.05) is 0 Å². The van der Waals surface area contributed by atoms with Crippen molar-refractivity contribution < 1.29 is 218 Å². The van der Waals surface area contributed by atoms with Crippen LogP contribution in [0.1, 0.15) is 79.1 Å². The summed E-state index contributed by atoms with van der Waals surface area (Å²) < 4.78 is 1.42. The fourth-order valence-corrected chi connectivity index (χ4v) is 2.64. The van der Waals surface area contributed by atoms with Crippen LogP contribution in [-0.2, 0) is 147 Å². The Labute approximate surface area is 412 Å². The Hall–Kier alpha value is 2.84. The van der Waals surface area contributed by atoms with Crippen LogP contribution in [0.4, 0.5) is 0 Å². The summed E-state index contributed by atoms with van der Waals surface area (Å²) in [7, 11) is 9.75. The van der Waals surface area contributed by atoms with Gasteiger partial charge < -0.3 is 104 Å². The molecule has 0 aromatic heterocycles. The number of nitrogens with zero attached hydrogens (tertiary/aromatic N) is 1. The zero-order valence-corrected chi connectivity index (χ0v) is 45.0. The van der Waals surface area contributed by atoms with Gasteiger partial charge in [-0.05, 0) is 25.7 Å². The third kappa shape index (κ3) is 328. The van der Waals surface area contributed by atoms with Gasteiger partial charge in [0.15, 0.2) is 0 Å². The Morgan fingerprint density at radius 2 is 0.309 bits per heavy atom. The first kappa shape index (κ1) is 184. The quantitative estimate of drug-likeness (QED) is 0.130. The maximum Gasteiger partial charge on any atom is 4.00 e. The van der Waals surface area contributed by atoms with E-state index in [2.05, 4.69) is 27.7 Å². The summed E-state index contributed by atoms with van der Waals surface area (Å²) in [5.74, 6) is 0. The van der Waals surface area contributed by atoms with Crippen molar-refractivity contribution in [2.75, 3.05) is 119 Å². The Morgan fingerprint density at radius 1 is 0.236 bits per heavy atom. The molecule has 339 valence electrons. The van der Waals surface area contributed by atoms with E-state index in [1.54, 1.807) is 0 Å². The van der Waals surface area contributed by atoms with Gasteiger partial charge in [0.1, 0.15) is 0 Å². The molecule has 0 aliphatic rings. The van der Waals surface area contributed by atoms with Crippen molar-refractivity contribution >= 4 is 0 Å². The maximum atomic E-state index is 8.25. The second-order valence-electron chi connectivity index (χ2n) is 5.65. The third-order valence-corrected chi connectivity index (χ3v) is 3.94. The van der Waals surface area contributed by atoms with Gasteiger partial charge in [0.25, 0.3) is 0 Å². The van der Waals surface area contributed by atoms with Crippen LogP contribution >= 0.6 is 0 Å². The minimum Gasteiger partial charge on any atom is -2.00 e. The smallest absolute Gasteiger partial charge is 2.00 e. The van der Waals surface area contributed by atoms with Gasteiger partial charge in [0.2, 0.25) is 0 Å². The van der Waals surface area contributed by atoms with Gasteiger partial charge in [-0.25, -0.2) is 0 Å². The maximum absolute atomic E-state index is 8.25. The molecule has 55 heavy (non-hydrogen) atoms. The molecule has 0 amide bonds. The van der Waals surface area contributed by atoms with Crippen LogP contribution in [0.3, 0.4) is 0 Å². The van der Waals surface area contributed by atoms with E-state index >= 15 is 0 Å². The average molecular weight is 1040 g/mol. The number of unbranched alkanes of at least 4 members (excludes halogenated alkanes) is 4. The van der Waals surface area contributed by atoms with E-state index in [-0.39, 0.29) is 147 Å². The van der Waals surface area contributed by atoms with Crippen molar-refractivity contribution in [1.29, 1.82) is 0 Å². The Kier molecular flexibility index (Phi) is 1370. The molecule has 0 bridgehead atoms. The molecule has 0 atom stereocenters. The molecule has 0 saturated carbocycles. The van der Waals surface area contributed by atoms with Gasteiger partial charge in [0, 0.05) is 0 Å². The monoisotopic (exact) mass is 1040 g/mol.